The predicted octanol–water partition coefficient (Wildman–Crippen LogP) is 3.32. The summed E-state index contributed by atoms with van der Waals surface area (Å²) in [6, 6.07) is 0. The molecular weight excluding hydrogens is 216 g/mol. The van der Waals surface area contributed by atoms with Crippen molar-refractivity contribution in [2.75, 3.05) is 0 Å². The summed E-state index contributed by atoms with van der Waals surface area (Å²) in [7, 11) is 0. The maximum absolute atomic E-state index is 1.70. The molecule has 12 fully saturated rings. The van der Waals surface area contributed by atoms with E-state index in [1.165, 1.54) is 47.3 Å². The molecule has 0 radical (unpaired) electrons. The van der Waals surface area contributed by atoms with Gasteiger partial charge in [-0.3, -0.25) is 0 Å². The Morgan fingerprint density at radius 1 is 0.444 bits per heavy atom. The fraction of sp³-hybridized carbons (Fsp3) is 1.00. The van der Waals surface area contributed by atoms with Crippen molar-refractivity contribution in [1.29, 1.82) is 0 Å². The molecule has 0 nitrogen and oxygen atoms in total. The molecule has 12 aliphatic carbocycles. The first-order valence-electron chi connectivity index (χ1n) is 8.80. The highest BCUT2D eigenvalue weighted by molar-refractivity contribution is 5.60. The summed E-state index contributed by atoms with van der Waals surface area (Å²) in [5, 5.41) is 0. The van der Waals surface area contributed by atoms with Crippen LogP contribution in [0.2, 0.25) is 0 Å². The molecule has 0 spiro atoms. The molecule has 0 heterocycles. The van der Waals surface area contributed by atoms with Gasteiger partial charge < -0.3 is 0 Å². The van der Waals surface area contributed by atoms with E-state index in [1.54, 1.807) is 38.5 Å². The fourth-order valence-electron chi connectivity index (χ4n) is 11.7. The molecule has 0 aromatic rings. The second-order valence-electron chi connectivity index (χ2n) is 10.5. The van der Waals surface area contributed by atoms with Crippen molar-refractivity contribution in [3.63, 3.8) is 0 Å². The van der Waals surface area contributed by atoms with Crippen LogP contribution < -0.4 is 0 Å². The lowest BCUT2D eigenvalue weighted by Gasteiger charge is -3.18. The Kier molecular flexibility index (Phi) is 0.638. The third-order valence-electron chi connectivity index (χ3n) is 11.5. The molecule has 0 aliphatic heterocycles. The Balaban J connectivity index is 1.23. The van der Waals surface area contributed by atoms with Gasteiger partial charge in [-0.1, -0.05) is 0 Å². The van der Waals surface area contributed by atoms with Crippen molar-refractivity contribution in [1.82, 2.24) is 0 Å². The quantitative estimate of drug-likeness (QED) is 0.690. The van der Waals surface area contributed by atoms with Gasteiger partial charge in [0.25, 0.3) is 0 Å². The summed E-state index contributed by atoms with van der Waals surface area (Å²) in [6.07, 6.45) is 10.2. The van der Waals surface area contributed by atoms with Crippen molar-refractivity contribution >= 4 is 0 Å². The Morgan fingerprint density at radius 2 is 0.722 bits per heavy atom. The van der Waals surface area contributed by atoms with Gasteiger partial charge >= 0.3 is 0 Å². The average molecular weight is 236 g/mol. The number of hydrogen-bond acceptors (Lipinski definition) is 0. The Morgan fingerprint density at radius 3 is 0.889 bits per heavy atom. The van der Waals surface area contributed by atoms with Crippen LogP contribution in [0.15, 0.2) is 0 Å². The van der Waals surface area contributed by atoms with Crippen molar-refractivity contribution in [2.45, 2.75) is 38.5 Å². The first-order valence-corrected chi connectivity index (χ1v) is 8.80. The summed E-state index contributed by atoms with van der Waals surface area (Å²) in [4.78, 5) is 0. The SMILES string of the molecule is C1C2CC1(C13C4C5C1C1C3C4C51C13CC(C1)C3)C2. The minimum Gasteiger partial charge on any atom is -0.0441 e. The predicted molar refractivity (Wildman–Crippen MR) is 65.4 cm³/mol. The van der Waals surface area contributed by atoms with Crippen LogP contribution >= 0.6 is 0 Å². The topological polar surface area (TPSA) is 0 Å². The van der Waals surface area contributed by atoms with E-state index in [1.807, 2.05) is 0 Å². The van der Waals surface area contributed by atoms with Gasteiger partial charge in [0.15, 0.2) is 0 Å². The maximum Gasteiger partial charge on any atom is -0.0138 e. The molecule has 0 aromatic heterocycles. The molecule has 18 heavy (non-hydrogen) atoms. The van der Waals surface area contributed by atoms with E-state index < -0.39 is 0 Å². The third kappa shape index (κ3) is 0.309. The van der Waals surface area contributed by atoms with Crippen molar-refractivity contribution in [3.8, 4) is 0 Å². The third-order valence-corrected chi connectivity index (χ3v) is 11.5. The zero-order chi connectivity index (χ0) is 10.9. The molecular formula is C18H20. The molecule has 0 amide bonds. The van der Waals surface area contributed by atoms with E-state index in [0.29, 0.717) is 0 Å². The molecule has 12 saturated carbocycles. The summed E-state index contributed by atoms with van der Waals surface area (Å²) in [5.41, 5.74) is 4.08. The highest BCUT2D eigenvalue weighted by Crippen LogP contribution is 3.17. The summed E-state index contributed by atoms with van der Waals surface area (Å²) < 4.78 is 0. The number of rotatable bonds is 2. The fourth-order valence-corrected chi connectivity index (χ4v) is 11.7. The standard InChI is InChI=1S/C18H20/c1-7-2-15(1,3-7)17-9-12-10(17)14-11(17)13(9)18(12,14)16-4-8(5-16)6-16/h7-14H,1-6H2. The van der Waals surface area contributed by atoms with E-state index in [2.05, 4.69) is 0 Å². The lowest BCUT2D eigenvalue weighted by atomic mass is 8.86. The van der Waals surface area contributed by atoms with Crippen LogP contribution in [-0.4, -0.2) is 0 Å². The van der Waals surface area contributed by atoms with Gasteiger partial charge in [-0.2, -0.15) is 0 Å². The van der Waals surface area contributed by atoms with Crippen molar-refractivity contribution < 1.29 is 0 Å². The Labute approximate surface area is 108 Å². The normalized spacial score (nSPS) is 98.7. The minimum atomic E-state index is 0.993. The second-order valence-corrected chi connectivity index (χ2v) is 10.5. The zero-order valence-corrected chi connectivity index (χ0v) is 10.9. The van der Waals surface area contributed by atoms with Crippen LogP contribution in [0.1, 0.15) is 38.5 Å². The molecule has 4 bridgehead atoms. The molecule has 0 N–H and O–H groups in total. The maximum atomic E-state index is 1.70. The molecule has 0 saturated heterocycles. The summed E-state index contributed by atoms with van der Waals surface area (Å²) in [5.74, 6) is 10.4. The summed E-state index contributed by atoms with van der Waals surface area (Å²) >= 11 is 0. The minimum absolute atomic E-state index is 0.993. The molecule has 0 heteroatoms. The van der Waals surface area contributed by atoms with Gasteiger partial charge in [-0.05, 0) is 108 Å². The first-order chi connectivity index (χ1) is 8.80. The van der Waals surface area contributed by atoms with Crippen molar-refractivity contribution in [3.05, 3.63) is 0 Å². The van der Waals surface area contributed by atoms with Crippen LogP contribution in [0.25, 0.3) is 0 Å². The van der Waals surface area contributed by atoms with E-state index >= 15 is 0 Å². The highest BCUT2D eigenvalue weighted by atomic mass is 15.2. The van der Waals surface area contributed by atoms with E-state index in [0.717, 1.165) is 21.7 Å². The monoisotopic (exact) mass is 236 g/mol. The Hall–Kier alpha value is 0. The average Bonchev–Trinajstić information content (AvgIpc) is 2.12. The highest BCUT2D eigenvalue weighted by Gasteiger charge is 3.14. The van der Waals surface area contributed by atoms with Gasteiger partial charge in [0.2, 0.25) is 0 Å². The van der Waals surface area contributed by atoms with Crippen LogP contribution in [0, 0.1) is 69.0 Å². The smallest absolute Gasteiger partial charge is 0.0138 e. The number of hydrogen-bond donors (Lipinski definition) is 0. The molecule has 12 aliphatic rings. The van der Waals surface area contributed by atoms with E-state index in [4.69, 9.17) is 0 Å². The lowest BCUT2D eigenvalue weighted by molar-refractivity contribution is -0.716. The largest absolute Gasteiger partial charge is 0.0441 e. The second kappa shape index (κ2) is 1.49. The molecule has 0 unspecified atom stereocenters. The summed E-state index contributed by atoms with van der Waals surface area (Å²) in [6.45, 7) is 0. The molecule has 12 rings (SSSR count). The van der Waals surface area contributed by atoms with Gasteiger partial charge in [-0.15, -0.1) is 0 Å². The van der Waals surface area contributed by atoms with Gasteiger partial charge in [0, 0.05) is 0 Å². The van der Waals surface area contributed by atoms with E-state index in [-0.39, 0.29) is 0 Å². The van der Waals surface area contributed by atoms with Crippen LogP contribution in [0.4, 0.5) is 0 Å². The molecule has 92 valence electrons. The van der Waals surface area contributed by atoms with Gasteiger partial charge in [-0.25, -0.2) is 0 Å². The Bertz CT molecular complexity index is 470. The van der Waals surface area contributed by atoms with Gasteiger partial charge in [0.05, 0.1) is 0 Å². The molecule has 0 atom stereocenters. The lowest BCUT2D eigenvalue weighted by Crippen LogP contribution is -3.15. The van der Waals surface area contributed by atoms with Crippen LogP contribution in [0.3, 0.4) is 0 Å². The van der Waals surface area contributed by atoms with E-state index in [9.17, 15) is 0 Å². The zero-order valence-electron chi connectivity index (χ0n) is 10.9. The van der Waals surface area contributed by atoms with Crippen molar-refractivity contribution in [2.24, 2.45) is 69.0 Å². The van der Waals surface area contributed by atoms with Gasteiger partial charge in [0.1, 0.15) is 0 Å². The van der Waals surface area contributed by atoms with Crippen LogP contribution in [-0.2, 0) is 0 Å². The molecule has 0 aromatic carbocycles. The first kappa shape index (κ1) is 7.70. The van der Waals surface area contributed by atoms with Crippen LogP contribution in [0.5, 0.6) is 0 Å².